The van der Waals surface area contributed by atoms with E-state index >= 15 is 0 Å². The van der Waals surface area contributed by atoms with Crippen LogP contribution in [-0.2, 0) is 25.0 Å². The summed E-state index contributed by atoms with van der Waals surface area (Å²) in [4.78, 5) is 13.6. The number of benzene rings is 1. The van der Waals surface area contributed by atoms with Crippen LogP contribution in [0.2, 0.25) is 0 Å². The zero-order valence-electron chi connectivity index (χ0n) is 25.9. The minimum Gasteiger partial charge on any atom is -0.371 e. The molecule has 0 aliphatic carbocycles. The topological polar surface area (TPSA) is 119 Å². The molecule has 42 heavy (non-hydrogen) atoms. The van der Waals surface area contributed by atoms with Crippen molar-refractivity contribution < 1.29 is 23.2 Å². The van der Waals surface area contributed by atoms with Gasteiger partial charge in [0.2, 0.25) is 0 Å². The third kappa shape index (κ3) is 16.0. The fourth-order valence-electron chi connectivity index (χ4n) is 5.05. The lowest BCUT2D eigenvalue weighted by molar-refractivity contribution is -0.00509. The van der Waals surface area contributed by atoms with Crippen molar-refractivity contribution in [1.29, 1.82) is 5.26 Å². The Kier molecular flexibility index (Phi) is 19.3. The molecule has 9 nitrogen and oxygen atoms in total. The molecule has 1 heterocycles. The van der Waals surface area contributed by atoms with E-state index in [0.29, 0.717) is 17.7 Å². The summed E-state index contributed by atoms with van der Waals surface area (Å²) in [7, 11) is -2.94. The minimum absolute atomic E-state index is 0.0391. The van der Waals surface area contributed by atoms with Gasteiger partial charge in [0.15, 0.2) is 0 Å². The molecule has 2 aromatic rings. The predicted molar refractivity (Wildman–Crippen MR) is 166 cm³/mol. The minimum atomic E-state index is -4.09. The smallest absolute Gasteiger partial charge is 0.371 e. The van der Waals surface area contributed by atoms with E-state index in [1.54, 1.807) is 23.1 Å². The van der Waals surface area contributed by atoms with Gasteiger partial charge in [-0.2, -0.15) is 10.4 Å². The molecule has 10 heteroatoms. The summed E-state index contributed by atoms with van der Waals surface area (Å²) in [6.45, 7) is 2.48. The van der Waals surface area contributed by atoms with Crippen molar-refractivity contribution in [1.82, 2.24) is 14.8 Å². The fourth-order valence-corrected chi connectivity index (χ4v) is 5.51. The van der Waals surface area contributed by atoms with E-state index in [0.717, 1.165) is 25.5 Å². The molecule has 0 saturated carbocycles. The quantitative estimate of drug-likeness (QED) is 0.0835. The van der Waals surface area contributed by atoms with Crippen LogP contribution in [0.3, 0.4) is 0 Å². The molecule has 1 aromatic heterocycles. The lowest BCUT2D eigenvalue weighted by Gasteiger charge is -2.19. The van der Waals surface area contributed by atoms with Gasteiger partial charge in [-0.05, 0) is 24.1 Å². The Labute approximate surface area is 253 Å². The van der Waals surface area contributed by atoms with Gasteiger partial charge in [-0.3, -0.25) is 9.05 Å². The average Bonchev–Trinajstić information content (AvgIpc) is 3.54. The number of phosphoric ester groups is 1. The highest BCUT2D eigenvalue weighted by Crippen LogP contribution is 2.42. The highest BCUT2D eigenvalue weighted by Gasteiger charge is 2.22. The molecule has 236 valence electrons. The number of hydrogen-bond acceptors (Lipinski definition) is 7. The largest absolute Gasteiger partial charge is 0.472 e. The summed E-state index contributed by atoms with van der Waals surface area (Å²) in [5, 5.41) is 13.7. The first kappa shape index (κ1) is 36.1. The summed E-state index contributed by atoms with van der Waals surface area (Å²) in [6.07, 6.45) is 25.6. The molecular weight excluding hydrogens is 551 g/mol. The maximum Gasteiger partial charge on any atom is 0.472 e. The van der Waals surface area contributed by atoms with Gasteiger partial charge in [-0.1, -0.05) is 122 Å². The number of nitriles is 1. The summed E-state index contributed by atoms with van der Waals surface area (Å²) in [6, 6.07) is 7.64. The maximum absolute atomic E-state index is 11.8. The summed E-state index contributed by atoms with van der Waals surface area (Å²) in [5.41, 5.74) is 1.92. The second-order valence-corrected chi connectivity index (χ2v) is 12.7. The zero-order valence-corrected chi connectivity index (χ0v) is 26.8. The molecule has 0 bridgehead atoms. The summed E-state index contributed by atoms with van der Waals surface area (Å²) < 4.78 is 29.1. The van der Waals surface area contributed by atoms with Crippen molar-refractivity contribution in [3.8, 4) is 11.8 Å². The van der Waals surface area contributed by atoms with E-state index in [-0.39, 0.29) is 19.3 Å². The van der Waals surface area contributed by atoms with Crippen molar-refractivity contribution in [2.45, 2.75) is 135 Å². The normalized spacial score (nSPS) is 13.6. The van der Waals surface area contributed by atoms with Gasteiger partial charge < -0.3 is 9.63 Å². The van der Waals surface area contributed by atoms with E-state index in [4.69, 9.17) is 9.26 Å². The second kappa shape index (κ2) is 22.5. The third-order valence-corrected chi connectivity index (χ3v) is 8.55. The highest BCUT2D eigenvalue weighted by molar-refractivity contribution is 7.47. The number of phosphoric acid groups is 1. The van der Waals surface area contributed by atoms with Crippen LogP contribution < -0.4 is 0 Å². The molecule has 0 aliphatic heterocycles. The van der Waals surface area contributed by atoms with Crippen LogP contribution in [0.1, 0.15) is 134 Å². The van der Waals surface area contributed by atoms with E-state index < -0.39 is 7.82 Å². The van der Waals surface area contributed by atoms with Crippen LogP contribution >= 0.6 is 7.82 Å². The monoisotopic (exact) mass is 604 g/mol. The van der Waals surface area contributed by atoms with Crippen LogP contribution in [0.25, 0.3) is 5.69 Å². The molecular formula is C32H53N4O5P. The predicted octanol–water partition coefficient (Wildman–Crippen LogP) is 8.83. The van der Waals surface area contributed by atoms with Gasteiger partial charge in [0.25, 0.3) is 0 Å². The second-order valence-electron chi connectivity index (χ2n) is 11.1. The first-order chi connectivity index (χ1) is 20.5. The molecule has 2 atom stereocenters. The molecule has 1 N–H and O–H groups in total. The Morgan fingerprint density at radius 1 is 0.929 bits per heavy atom. The standard InChI is InChI=1S/C32H53N4O5P/c1-3-4-5-6-7-8-9-10-11-12-13-14-15-16-17-18-19-20-31(26-41-42(37,38)39-2)40-25-29-21-22-32(30(23-29)24-33)36-28-34-27-35-36/h21-23,27-28,31H,3-20,25-26H2,1-2H3,(H,37,38)/t31-/m1/s1. The number of nitrogens with zero attached hydrogens (tertiary/aromatic N) is 4. The van der Waals surface area contributed by atoms with Crippen molar-refractivity contribution >= 4 is 7.82 Å². The SMILES string of the molecule is CCCCCCCCCCCCCCCCCCC[C@H](COP(=O)(O)OC)OCc1ccc(-n2cncn2)c(C#N)c1. The fraction of sp³-hybridized carbons (Fsp3) is 0.719. The molecule has 0 aliphatic rings. The van der Waals surface area contributed by atoms with Crippen LogP contribution in [0, 0.1) is 11.3 Å². The lowest BCUT2D eigenvalue weighted by atomic mass is 10.0. The molecule has 0 radical (unpaired) electrons. The van der Waals surface area contributed by atoms with Crippen LogP contribution in [0.5, 0.6) is 0 Å². The molecule has 1 aromatic carbocycles. The van der Waals surface area contributed by atoms with Gasteiger partial charge >= 0.3 is 7.82 Å². The zero-order chi connectivity index (χ0) is 30.3. The maximum atomic E-state index is 11.8. The first-order valence-corrected chi connectivity index (χ1v) is 17.5. The highest BCUT2D eigenvalue weighted by atomic mass is 31.2. The summed E-state index contributed by atoms with van der Waals surface area (Å²) in [5.74, 6) is 0. The van der Waals surface area contributed by atoms with E-state index in [1.165, 1.54) is 103 Å². The van der Waals surface area contributed by atoms with Gasteiger partial charge in [0.05, 0.1) is 30.6 Å². The van der Waals surface area contributed by atoms with E-state index in [1.807, 2.05) is 6.07 Å². The van der Waals surface area contributed by atoms with Crippen LogP contribution in [-0.4, -0.2) is 39.5 Å². The van der Waals surface area contributed by atoms with Crippen molar-refractivity contribution in [2.24, 2.45) is 0 Å². The summed E-state index contributed by atoms with van der Waals surface area (Å²) >= 11 is 0. The number of rotatable bonds is 26. The Balaban J connectivity index is 1.62. The molecule has 1 unspecified atom stereocenters. The van der Waals surface area contributed by atoms with Crippen molar-refractivity contribution in [2.75, 3.05) is 13.7 Å². The molecule has 0 fully saturated rings. The number of hydrogen-bond donors (Lipinski definition) is 1. The first-order valence-electron chi connectivity index (χ1n) is 16.0. The van der Waals surface area contributed by atoms with Gasteiger partial charge in [-0.15, -0.1) is 0 Å². The van der Waals surface area contributed by atoms with E-state index in [9.17, 15) is 14.7 Å². The van der Waals surface area contributed by atoms with Gasteiger partial charge in [0.1, 0.15) is 18.7 Å². The average molecular weight is 605 g/mol. The van der Waals surface area contributed by atoms with Crippen molar-refractivity contribution in [3.63, 3.8) is 0 Å². The third-order valence-electron chi connectivity index (χ3n) is 7.62. The molecule has 0 amide bonds. The Bertz CT molecular complexity index is 1040. The number of aromatic nitrogens is 3. The Morgan fingerprint density at radius 2 is 1.50 bits per heavy atom. The number of ether oxygens (including phenoxy) is 1. The molecule has 0 spiro atoms. The Hall–Kier alpha value is -2.08. The lowest BCUT2D eigenvalue weighted by Crippen LogP contribution is -2.19. The number of unbranched alkanes of at least 4 members (excludes halogenated alkanes) is 16. The van der Waals surface area contributed by atoms with Crippen LogP contribution in [0.4, 0.5) is 0 Å². The van der Waals surface area contributed by atoms with E-state index in [2.05, 4.69) is 27.6 Å². The van der Waals surface area contributed by atoms with Gasteiger partial charge in [-0.25, -0.2) is 14.2 Å². The Morgan fingerprint density at radius 3 is 2.00 bits per heavy atom. The van der Waals surface area contributed by atoms with Gasteiger partial charge in [0, 0.05) is 7.11 Å². The molecule has 0 saturated heterocycles. The molecule has 2 rings (SSSR count). The van der Waals surface area contributed by atoms with Crippen molar-refractivity contribution in [3.05, 3.63) is 42.0 Å². The van der Waals surface area contributed by atoms with Crippen LogP contribution in [0.15, 0.2) is 30.9 Å².